The number of allylic oxidation sites excluding steroid dienone is 6. The molecule has 18 heavy (non-hydrogen) atoms. The van der Waals surface area contributed by atoms with Crippen molar-refractivity contribution in [3.63, 3.8) is 0 Å². The second kappa shape index (κ2) is 6.15. The zero-order valence-corrected chi connectivity index (χ0v) is 10.8. The molecule has 0 saturated heterocycles. The molecule has 1 aliphatic rings. The summed E-state index contributed by atoms with van der Waals surface area (Å²) in [5.74, 6) is 0. The Morgan fingerprint density at radius 3 is 2.72 bits per heavy atom. The molecule has 92 valence electrons. The van der Waals surface area contributed by atoms with Crippen LogP contribution in [0, 0.1) is 5.41 Å². The van der Waals surface area contributed by atoms with Gasteiger partial charge in [0, 0.05) is 6.21 Å². The van der Waals surface area contributed by atoms with E-state index in [0.717, 1.165) is 30.4 Å². The summed E-state index contributed by atoms with van der Waals surface area (Å²) in [5.41, 5.74) is 4.95. The Hall–Kier alpha value is -1.89. The predicted octanol–water partition coefficient (Wildman–Crippen LogP) is 4.78. The maximum absolute atomic E-state index is 7.53. The lowest BCUT2D eigenvalue weighted by molar-refractivity contribution is 0.912. The molecule has 1 aromatic carbocycles. The third-order valence-corrected chi connectivity index (χ3v) is 3.21. The van der Waals surface area contributed by atoms with Crippen LogP contribution in [0.5, 0.6) is 0 Å². The van der Waals surface area contributed by atoms with Crippen LogP contribution >= 0.6 is 0 Å². The van der Waals surface area contributed by atoms with Crippen molar-refractivity contribution in [2.24, 2.45) is 0 Å². The Bertz CT molecular complexity index is 504. The van der Waals surface area contributed by atoms with Gasteiger partial charge in [-0.05, 0) is 37.3 Å². The minimum absolute atomic E-state index is 0.949. The smallest absolute Gasteiger partial charge is 0.0253 e. The summed E-state index contributed by atoms with van der Waals surface area (Å²) in [7, 11) is 0. The van der Waals surface area contributed by atoms with Gasteiger partial charge in [0.1, 0.15) is 0 Å². The van der Waals surface area contributed by atoms with Gasteiger partial charge in [0.2, 0.25) is 0 Å². The van der Waals surface area contributed by atoms with E-state index >= 15 is 0 Å². The highest BCUT2D eigenvalue weighted by Crippen LogP contribution is 2.22. The number of hydrogen-bond acceptors (Lipinski definition) is 1. The van der Waals surface area contributed by atoms with Crippen LogP contribution in [0.1, 0.15) is 31.7 Å². The van der Waals surface area contributed by atoms with E-state index in [9.17, 15) is 0 Å². The van der Waals surface area contributed by atoms with Crippen molar-refractivity contribution in [2.45, 2.75) is 26.2 Å². The van der Waals surface area contributed by atoms with Gasteiger partial charge >= 0.3 is 0 Å². The van der Waals surface area contributed by atoms with Gasteiger partial charge in [-0.3, -0.25) is 0 Å². The Labute approximate surface area is 109 Å². The van der Waals surface area contributed by atoms with Crippen molar-refractivity contribution in [3.8, 4) is 0 Å². The summed E-state index contributed by atoms with van der Waals surface area (Å²) >= 11 is 0. The third kappa shape index (κ3) is 3.30. The van der Waals surface area contributed by atoms with E-state index in [4.69, 9.17) is 5.41 Å². The Kier molecular flexibility index (Phi) is 4.30. The minimum atomic E-state index is 0.949. The number of nitrogens with one attached hydrogen (secondary N) is 1. The van der Waals surface area contributed by atoms with Gasteiger partial charge in [-0.25, -0.2) is 0 Å². The van der Waals surface area contributed by atoms with Gasteiger partial charge in [-0.15, -0.1) is 0 Å². The van der Waals surface area contributed by atoms with E-state index < -0.39 is 0 Å². The van der Waals surface area contributed by atoms with Gasteiger partial charge in [-0.1, -0.05) is 59.7 Å². The molecule has 0 saturated carbocycles. The summed E-state index contributed by atoms with van der Waals surface area (Å²) in [6.45, 7) is 2.15. The topological polar surface area (TPSA) is 23.9 Å². The highest BCUT2D eigenvalue weighted by molar-refractivity contribution is 6.08. The average Bonchev–Trinajstić information content (AvgIpc) is 2.41. The standard InChI is InChI=1S/C17H19N/c1-14-6-5-7-15(12-14)10-11-17(13-18)16-8-3-2-4-9-16/h2-4,6,8-9,11-13,18H,5,7,10H2,1H3/b17-11+,18-13?. The highest BCUT2D eigenvalue weighted by atomic mass is 14.3. The fourth-order valence-electron chi connectivity index (χ4n) is 2.23. The van der Waals surface area contributed by atoms with Gasteiger partial charge in [0.05, 0.1) is 0 Å². The van der Waals surface area contributed by atoms with Crippen LogP contribution < -0.4 is 0 Å². The zero-order chi connectivity index (χ0) is 12.8. The molecular weight excluding hydrogens is 218 g/mol. The highest BCUT2D eigenvalue weighted by Gasteiger charge is 2.03. The fourth-order valence-corrected chi connectivity index (χ4v) is 2.23. The summed E-state index contributed by atoms with van der Waals surface area (Å²) < 4.78 is 0. The van der Waals surface area contributed by atoms with Crippen molar-refractivity contribution in [3.05, 3.63) is 65.3 Å². The van der Waals surface area contributed by atoms with Crippen LogP contribution in [0.15, 0.2) is 59.7 Å². The van der Waals surface area contributed by atoms with E-state index in [1.54, 1.807) is 0 Å². The van der Waals surface area contributed by atoms with Gasteiger partial charge in [0.25, 0.3) is 0 Å². The SMILES string of the molecule is CC1=CCCC(C/C=C(\C=N)c2ccccc2)=C1. The molecule has 1 nitrogen and oxygen atoms in total. The van der Waals surface area contributed by atoms with Crippen LogP contribution in [-0.2, 0) is 0 Å². The summed E-state index contributed by atoms with van der Waals surface area (Å²) in [6.07, 6.45) is 11.4. The first-order valence-electron chi connectivity index (χ1n) is 6.42. The van der Waals surface area contributed by atoms with Crippen LogP contribution in [0.4, 0.5) is 0 Å². The van der Waals surface area contributed by atoms with E-state index in [1.165, 1.54) is 17.4 Å². The molecule has 1 N–H and O–H groups in total. The van der Waals surface area contributed by atoms with Crippen LogP contribution in [0.25, 0.3) is 5.57 Å². The van der Waals surface area contributed by atoms with Crippen LogP contribution in [0.2, 0.25) is 0 Å². The summed E-state index contributed by atoms with van der Waals surface area (Å²) in [6, 6.07) is 10.1. The summed E-state index contributed by atoms with van der Waals surface area (Å²) in [4.78, 5) is 0. The Balaban J connectivity index is 2.12. The monoisotopic (exact) mass is 237 g/mol. The first kappa shape index (κ1) is 12.6. The normalized spacial score (nSPS) is 15.9. The maximum Gasteiger partial charge on any atom is 0.0253 e. The molecule has 0 unspecified atom stereocenters. The lowest BCUT2D eigenvalue weighted by atomic mass is 9.96. The predicted molar refractivity (Wildman–Crippen MR) is 78.9 cm³/mol. The zero-order valence-electron chi connectivity index (χ0n) is 10.8. The van der Waals surface area contributed by atoms with Crippen LogP contribution in [-0.4, -0.2) is 6.21 Å². The Morgan fingerprint density at radius 1 is 1.28 bits per heavy atom. The van der Waals surface area contributed by atoms with E-state index in [2.05, 4.69) is 37.3 Å². The first-order valence-corrected chi connectivity index (χ1v) is 6.42. The lowest BCUT2D eigenvalue weighted by Crippen LogP contribution is -1.91. The molecule has 0 amide bonds. The molecule has 0 heterocycles. The molecule has 0 aromatic heterocycles. The summed E-state index contributed by atoms with van der Waals surface area (Å²) in [5, 5.41) is 7.53. The molecule has 0 radical (unpaired) electrons. The van der Waals surface area contributed by atoms with E-state index in [0.29, 0.717) is 0 Å². The average molecular weight is 237 g/mol. The number of benzene rings is 1. The number of hydrogen-bond donors (Lipinski definition) is 1. The third-order valence-electron chi connectivity index (χ3n) is 3.21. The molecule has 1 aromatic rings. The molecular formula is C17H19N. The molecule has 1 heteroatoms. The van der Waals surface area contributed by atoms with Crippen molar-refractivity contribution in [1.29, 1.82) is 5.41 Å². The van der Waals surface area contributed by atoms with E-state index in [-0.39, 0.29) is 0 Å². The molecule has 0 aliphatic heterocycles. The molecule has 0 atom stereocenters. The first-order chi connectivity index (χ1) is 8.79. The van der Waals surface area contributed by atoms with Crippen molar-refractivity contribution < 1.29 is 0 Å². The molecule has 1 aliphatic carbocycles. The minimum Gasteiger partial charge on any atom is -0.308 e. The fraction of sp³-hybridized carbons (Fsp3) is 0.235. The van der Waals surface area contributed by atoms with Crippen molar-refractivity contribution in [1.82, 2.24) is 0 Å². The van der Waals surface area contributed by atoms with E-state index in [1.807, 2.05) is 18.2 Å². The lowest BCUT2D eigenvalue weighted by Gasteiger charge is -2.10. The second-order valence-electron chi connectivity index (χ2n) is 4.66. The molecule has 0 spiro atoms. The van der Waals surface area contributed by atoms with Crippen LogP contribution in [0.3, 0.4) is 0 Å². The van der Waals surface area contributed by atoms with Gasteiger partial charge in [0.15, 0.2) is 0 Å². The molecule has 0 bridgehead atoms. The van der Waals surface area contributed by atoms with Gasteiger partial charge in [-0.2, -0.15) is 0 Å². The van der Waals surface area contributed by atoms with Crippen molar-refractivity contribution >= 4 is 11.8 Å². The quantitative estimate of drug-likeness (QED) is 0.729. The van der Waals surface area contributed by atoms with Crippen molar-refractivity contribution in [2.75, 3.05) is 0 Å². The Morgan fingerprint density at radius 2 is 2.06 bits per heavy atom. The number of rotatable bonds is 4. The second-order valence-corrected chi connectivity index (χ2v) is 4.66. The maximum atomic E-state index is 7.53. The molecule has 2 rings (SSSR count). The molecule has 0 fully saturated rings. The largest absolute Gasteiger partial charge is 0.308 e. The van der Waals surface area contributed by atoms with Gasteiger partial charge < -0.3 is 5.41 Å².